The van der Waals surface area contributed by atoms with Gasteiger partial charge in [-0.2, -0.15) is 15.1 Å². The second-order valence-corrected chi connectivity index (χ2v) is 10.0. The van der Waals surface area contributed by atoms with Crippen molar-refractivity contribution in [3.63, 3.8) is 0 Å². The van der Waals surface area contributed by atoms with Crippen molar-refractivity contribution in [2.45, 2.75) is 16.9 Å². The Balaban J connectivity index is 1.26. The second-order valence-electron chi connectivity index (χ2n) is 8.03. The van der Waals surface area contributed by atoms with Crippen LogP contribution < -0.4 is 0 Å². The number of carbonyl (C=O) groups is 1. The number of benzene rings is 3. The number of rotatable bonds is 4. The first-order chi connectivity index (χ1) is 17.0. The molecule has 8 heteroatoms. The van der Waals surface area contributed by atoms with Crippen molar-refractivity contribution >= 4 is 62.3 Å². The predicted molar refractivity (Wildman–Crippen MR) is 142 cm³/mol. The van der Waals surface area contributed by atoms with Crippen molar-refractivity contribution in [1.29, 1.82) is 5.41 Å². The fraction of sp³-hybridized carbons (Fsp3) is 0.0370. The molecule has 0 unspecified atom stereocenters. The van der Waals surface area contributed by atoms with Crippen molar-refractivity contribution in [2.75, 3.05) is 0 Å². The zero-order chi connectivity index (χ0) is 23.9. The van der Waals surface area contributed by atoms with Gasteiger partial charge in [0.15, 0.2) is 10.9 Å². The maximum absolute atomic E-state index is 12.8. The average Bonchev–Trinajstić information content (AvgIpc) is 3.49. The standard InChI is InChI=1S/C27H18N4O2S2/c1-16-6-4-9-18(14-16)26-30-31-24(28)21(25(32)29-27(31)35-26)15-19-12-13-23(33-19)34-22-11-5-8-17-7-2-3-10-20(17)22/h2-15,28H,1H3/b21-15+,28-24?. The number of aryl methyl sites for hydroxylation is 1. The molecule has 170 valence electrons. The molecule has 0 atom stereocenters. The van der Waals surface area contributed by atoms with E-state index in [9.17, 15) is 4.79 Å². The average molecular weight is 495 g/mol. The Kier molecular flexibility index (Phi) is 5.39. The number of carbonyl (C=O) groups excluding carboxylic acids is 1. The zero-order valence-electron chi connectivity index (χ0n) is 18.6. The smallest absolute Gasteiger partial charge is 0.283 e. The van der Waals surface area contributed by atoms with E-state index in [0.717, 1.165) is 26.8 Å². The third-order valence-electron chi connectivity index (χ3n) is 5.57. The SMILES string of the molecule is Cc1cccc(C2=NN3C(=N)/C(=C\c4ccc(Sc5cccc6ccccc56)o4)C(=O)N=C3S2)c1. The Bertz CT molecular complexity index is 1610. The van der Waals surface area contributed by atoms with E-state index in [4.69, 9.17) is 9.83 Å². The summed E-state index contributed by atoms with van der Waals surface area (Å²) >= 11 is 2.81. The zero-order valence-corrected chi connectivity index (χ0v) is 20.2. The highest BCUT2D eigenvalue weighted by Crippen LogP contribution is 2.35. The maximum Gasteiger partial charge on any atom is 0.283 e. The van der Waals surface area contributed by atoms with E-state index < -0.39 is 5.91 Å². The Morgan fingerprint density at radius 2 is 1.86 bits per heavy atom. The number of fused-ring (bicyclic) bond motifs is 2. The van der Waals surface area contributed by atoms with Gasteiger partial charge >= 0.3 is 0 Å². The molecular weight excluding hydrogens is 476 g/mol. The molecule has 6 rings (SSSR count). The number of nitrogens with zero attached hydrogens (tertiary/aromatic N) is 3. The Morgan fingerprint density at radius 1 is 1.03 bits per heavy atom. The molecule has 1 N–H and O–H groups in total. The molecule has 3 heterocycles. The van der Waals surface area contributed by atoms with Crippen LogP contribution in [0, 0.1) is 12.3 Å². The first-order valence-corrected chi connectivity index (χ1v) is 12.5. The summed E-state index contributed by atoms with van der Waals surface area (Å²) in [4.78, 5) is 18.0. The van der Waals surface area contributed by atoms with Gasteiger partial charge in [0.05, 0.1) is 5.57 Å². The minimum atomic E-state index is -0.478. The van der Waals surface area contributed by atoms with Crippen LogP contribution in [-0.2, 0) is 4.79 Å². The lowest BCUT2D eigenvalue weighted by Crippen LogP contribution is -2.35. The van der Waals surface area contributed by atoms with Gasteiger partial charge in [-0.25, -0.2) is 0 Å². The summed E-state index contributed by atoms with van der Waals surface area (Å²) in [7, 11) is 0. The molecule has 3 aromatic carbocycles. The Hall–Kier alpha value is -3.88. The lowest BCUT2D eigenvalue weighted by molar-refractivity contribution is -0.114. The van der Waals surface area contributed by atoms with E-state index in [1.54, 1.807) is 12.1 Å². The lowest BCUT2D eigenvalue weighted by Gasteiger charge is -2.19. The summed E-state index contributed by atoms with van der Waals surface area (Å²) in [5.41, 5.74) is 2.18. The van der Waals surface area contributed by atoms with Gasteiger partial charge in [0.1, 0.15) is 10.8 Å². The minimum Gasteiger partial charge on any atom is -0.450 e. The molecule has 1 aromatic heterocycles. The number of amidine groups is 2. The molecule has 6 nitrogen and oxygen atoms in total. The van der Waals surface area contributed by atoms with Gasteiger partial charge in [0, 0.05) is 10.5 Å². The van der Waals surface area contributed by atoms with Crippen molar-refractivity contribution < 1.29 is 9.21 Å². The van der Waals surface area contributed by atoms with Gasteiger partial charge in [-0.1, -0.05) is 71.9 Å². The van der Waals surface area contributed by atoms with E-state index in [1.165, 1.54) is 28.5 Å². The van der Waals surface area contributed by atoms with Gasteiger partial charge in [-0.15, -0.1) is 0 Å². The first-order valence-electron chi connectivity index (χ1n) is 10.9. The molecule has 0 saturated heterocycles. The maximum atomic E-state index is 12.8. The van der Waals surface area contributed by atoms with Crippen LogP contribution in [-0.4, -0.2) is 27.0 Å². The van der Waals surface area contributed by atoms with Gasteiger partial charge in [-0.3, -0.25) is 10.2 Å². The van der Waals surface area contributed by atoms with Crippen LogP contribution in [0.5, 0.6) is 0 Å². The Labute approximate surface area is 209 Å². The number of hydrogen-bond donors (Lipinski definition) is 1. The Morgan fingerprint density at radius 3 is 2.74 bits per heavy atom. The number of furan rings is 1. The number of thioether (sulfide) groups is 1. The van der Waals surface area contributed by atoms with Gasteiger partial charge in [-0.05, 0) is 59.8 Å². The monoisotopic (exact) mass is 494 g/mol. The highest BCUT2D eigenvalue weighted by molar-refractivity contribution is 8.27. The second kappa shape index (κ2) is 8.72. The molecule has 2 aliphatic heterocycles. The van der Waals surface area contributed by atoms with Crippen LogP contribution >= 0.6 is 23.5 Å². The molecular formula is C27H18N4O2S2. The molecule has 0 aliphatic carbocycles. The third kappa shape index (κ3) is 4.11. The van der Waals surface area contributed by atoms with E-state index >= 15 is 0 Å². The largest absolute Gasteiger partial charge is 0.450 e. The van der Waals surface area contributed by atoms with Crippen molar-refractivity contribution in [3.05, 3.63) is 101 Å². The van der Waals surface area contributed by atoms with Crippen molar-refractivity contribution in [2.24, 2.45) is 10.1 Å². The molecule has 0 bridgehead atoms. The van der Waals surface area contributed by atoms with Crippen LogP contribution in [0.1, 0.15) is 16.9 Å². The van der Waals surface area contributed by atoms with Gasteiger partial charge < -0.3 is 4.42 Å². The van der Waals surface area contributed by atoms with Gasteiger partial charge in [0.2, 0.25) is 5.17 Å². The molecule has 1 amide bonds. The third-order valence-corrected chi connectivity index (χ3v) is 7.52. The topological polar surface area (TPSA) is 82.0 Å². The highest BCUT2D eigenvalue weighted by Gasteiger charge is 2.36. The highest BCUT2D eigenvalue weighted by atomic mass is 32.2. The molecule has 35 heavy (non-hydrogen) atoms. The molecule has 0 saturated carbocycles. The first kappa shape index (κ1) is 21.6. The summed E-state index contributed by atoms with van der Waals surface area (Å²) in [5.74, 6) is -0.0156. The minimum absolute atomic E-state index is 0.0187. The number of amides is 1. The van der Waals surface area contributed by atoms with E-state index in [0.29, 0.717) is 21.1 Å². The van der Waals surface area contributed by atoms with Crippen LogP contribution in [0.4, 0.5) is 0 Å². The summed E-state index contributed by atoms with van der Waals surface area (Å²) in [5, 5.41) is 18.7. The van der Waals surface area contributed by atoms with Crippen LogP contribution in [0.3, 0.4) is 0 Å². The van der Waals surface area contributed by atoms with Crippen molar-refractivity contribution in [3.8, 4) is 0 Å². The molecule has 2 aliphatic rings. The normalized spacial score (nSPS) is 16.6. The molecule has 0 spiro atoms. The number of aliphatic imine (C=N–C) groups is 1. The number of hydrogen-bond acceptors (Lipinski definition) is 6. The van der Waals surface area contributed by atoms with Crippen molar-refractivity contribution in [1.82, 2.24) is 5.01 Å². The fourth-order valence-corrected chi connectivity index (χ4v) is 5.71. The quantitative estimate of drug-likeness (QED) is 0.325. The predicted octanol–water partition coefficient (Wildman–Crippen LogP) is 6.56. The lowest BCUT2D eigenvalue weighted by atomic mass is 10.1. The molecule has 0 fully saturated rings. The number of hydrazone groups is 1. The van der Waals surface area contributed by atoms with Crippen LogP contribution in [0.15, 0.2) is 109 Å². The van der Waals surface area contributed by atoms with E-state index in [1.807, 2.05) is 55.5 Å². The fourth-order valence-electron chi connectivity index (χ4n) is 3.89. The molecule has 4 aromatic rings. The van der Waals surface area contributed by atoms with E-state index in [2.05, 4.69) is 34.4 Å². The summed E-state index contributed by atoms with van der Waals surface area (Å²) in [6, 6.07) is 26.0. The van der Waals surface area contributed by atoms with Crippen LogP contribution in [0.2, 0.25) is 0 Å². The van der Waals surface area contributed by atoms with Gasteiger partial charge in [0.25, 0.3) is 5.91 Å². The molecule has 0 radical (unpaired) electrons. The summed E-state index contributed by atoms with van der Waals surface area (Å²) in [6.45, 7) is 2.01. The van der Waals surface area contributed by atoms with Crippen LogP contribution in [0.25, 0.3) is 16.8 Å². The summed E-state index contributed by atoms with van der Waals surface area (Å²) in [6.07, 6.45) is 1.56. The number of nitrogens with one attached hydrogen (secondary N) is 1. The summed E-state index contributed by atoms with van der Waals surface area (Å²) < 4.78 is 5.98. The van der Waals surface area contributed by atoms with E-state index in [-0.39, 0.29) is 11.4 Å².